The van der Waals surface area contributed by atoms with Crippen LogP contribution in [-0.4, -0.2) is 39.6 Å². The Labute approximate surface area is 438 Å². The van der Waals surface area contributed by atoms with Crippen molar-refractivity contribution in [3.63, 3.8) is 0 Å². The maximum Gasteiger partial charge on any atom is 0.327 e. The fourth-order valence-corrected chi connectivity index (χ4v) is 11.1. The lowest BCUT2D eigenvalue weighted by Crippen LogP contribution is -2.53. The second-order valence-electron chi connectivity index (χ2n) is 22.2. The number of nitrogens with zero attached hydrogens (tertiary/aromatic N) is 1. The molecule has 0 unspecified atom stereocenters. The van der Waals surface area contributed by atoms with Crippen molar-refractivity contribution in [1.82, 2.24) is 4.90 Å². The zero-order chi connectivity index (χ0) is 50.5. The van der Waals surface area contributed by atoms with E-state index in [9.17, 15) is 19.5 Å². The lowest BCUT2D eigenvalue weighted by molar-refractivity contribution is -0.161. The van der Waals surface area contributed by atoms with E-state index in [-0.39, 0.29) is 29.4 Å². The van der Waals surface area contributed by atoms with Gasteiger partial charge in [0.05, 0.1) is 0 Å². The number of imide groups is 1. The Morgan fingerprint density at radius 3 is 0.609 bits per heavy atom. The van der Waals surface area contributed by atoms with Crippen LogP contribution in [0.1, 0.15) is 362 Å². The van der Waals surface area contributed by atoms with E-state index in [0.717, 1.165) is 77.0 Å². The van der Waals surface area contributed by atoms with E-state index >= 15 is 0 Å². The Hall–Kier alpha value is -1.04. The van der Waals surface area contributed by atoms with Gasteiger partial charge in [0.25, 0.3) is 0 Å². The fraction of sp³-hybridized carbons (Fsp3) is 0.952. The lowest BCUT2D eigenvalue weighted by atomic mass is 9.89. The number of unbranched alkanes of at least 4 members (excludes halogenated alkanes) is 44. The van der Waals surface area contributed by atoms with E-state index in [2.05, 4.69) is 40.3 Å². The molecule has 0 aliphatic rings. The van der Waals surface area contributed by atoms with Crippen LogP contribution in [0.2, 0.25) is 0 Å². The van der Waals surface area contributed by atoms with E-state index in [1.165, 1.54) is 262 Å². The molecule has 0 aliphatic carbocycles. The van der Waals surface area contributed by atoms with Gasteiger partial charge in [-0.3, -0.25) is 14.5 Å². The van der Waals surface area contributed by atoms with Crippen LogP contribution in [0.4, 0.5) is 0 Å². The van der Waals surface area contributed by atoms with Crippen LogP contribution in [0.15, 0.2) is 0 Å². The third-order valence-corrected chi connectivity index (χ3v) is 15.9. The SMILES string of the molecule is CCCCCCCCCCCCCCC(CCCCCCCCCCCCCC)C(=O)N(C(=O)C(CCCCCCCCCCCCCC)CCCCCCCCCCCCCC)[C@@H](CS)C(=O)O. The van der Waals surface area contributed by atoms with Crippen molar-refractivity contribution in [2.24, 2.45) is 11.8 Å². The number of amides is 2. The molecule has 0 aromatic carbocycles. The number of hydrogen-bond donors (Lipinski definition) is 2. The second-order valence-corrected chi connectivity index (χ2v) is 22.6. The van der Waals surface area contributed by atoms with Crippen LogP contribution in [0, 0.1) is 11.8 Å². The number of hydrogen-bond acceptors (Lipinski definition) is 4. The summed E-state index contributed by atoms with van der Waals surface area (Å²) in [5.41, 5.74) is 0. The Kier molecular flexibility index (Phi) is 53.9. The first kappa shape index (κ1) is 68.0. The molecule has 0 heterocycles. The van der Waals surface area contributed by atoms with Crippen molar-refractivity contribution >= 4 is 30.4 Å². The van der Waals surface area contributed by atoms with E-state index < -0.39 is 12.0 Å². The Balaban J connectivity index is 5.74. The van der Waals surface area contributed by atoms with Gasteiger partial charge in [-0.25, -0.2) is 4.79 Å². The topological polar surface area (TPSA) is 74.7 Å². The highest BCUT2D eigenvalue weighted by Gasteiger charge is 2.39. The standard InChI is InChI=1S/C63H123NO4S/c1-5-9-13-17-21-25-29-33-37-41-45-49-53-58(54-50-46-42-38-34-30-26-22-18-14-10-6-2)61(65)64(60(57-69)63(67)68)62(66)59(55-51-47-43-39-35-31-27-23-19-15-11-7-3)56-52-48-44-40-36-32-28-24-20-16-12-8-4/h58-60,69H,5-57H2,1-4H3,(H,67,68)/t60-/m0/s1. The van der Waals surface area contributed by atoms with Gasteiger partial charge in [-0.05, 0) is 25.7 Å². The molecule has 6 heteroatoms. The van der Waals surface area contributed by atoms with Crippen LogP contribution in [-0.2, 0) is 14.4 Å². The van der Waals surface area contributed by atoms with Crippen LogP contribution in [0.3, 0.4) is 0 Å². The number of carbonyl (C=O) groups excluding carboxylic acids is 2. The van der Waals surface area contributed by atoms with Gasteiger partial charge in [-0.15, -0.1) is 0 Å². The minimum absolute atomic E-state index is 0.0410. The lowest BCUT2D eigenvalue weighted by Gasteiger charge is -2.33. The number of thiol groups is 1. The monoisotopic (exact) mass is 990 g/mol. The van der Waals surface area contributed by atoms with Gasteiger partial charge in [0, 0.05) is 17.6 Å². The Morgan fingerprint density at radius 2 is 0.464 bits per heavy atom. The average molecular weight is 991 g/mol. The summed E-state index contributed by atoms with van der Waals surface area (Å²) in [4.78, 5) is 44.0. The maximum atomic E-state index is 14.9. The largest absolute Gasteiger partial charge is 0.480 e. The van der Waals surface area contributed by atoms with Gasteiger partial charge in [-0.2, -0.15) is 12.6 Å². The molecule has 0 aromatic rings. The molecule has 0 aliphatic heterocycles. The smallest absolute Gasteiger partial charge is 0.327 e. The summed E-state index contributed by atoms with van der Waals surface area (Å²) < 4.78 is 0. The Bertz CT molecular complexity index is 955. The van der Waals surface area contributed by atoms with Gasteiger partial charge in [0.2, 0.25) is 11.8 Å². The first-order valence-electron chi connectivity index (χ1n) is 31.6. The molecule has 0 saturated heterocycles. The first-order valence-corrected chi connectivity index (χ1v) is 32.2. The molecule has 410 valence electrons. The fourth-order valence-electron chi connectivity index (χ4n) is 10.8. The minimum Gasteiger partial charge on any atom is -0.480 e. The molecule has 69 heavy (non-hydrogen) atoms. The normalized spacial score (nSPS) is 12.2. The second kappa shape index (κ2) is 54.7. The summed E-state index contributed by atoms with van der Waals surface area (Å²) in [6, 6.07) is -1.22. The maximum absolute atomic E-state index is 14.9. The number of carboxylic acids is 1. The molecule has 0 spiro atoms. The Morgan fingerprint density at radius 1 is 0.304 bits per heavy atom. The minimum atomic E-state index is -1.22. The van der Waals surface area contributed by atoms with Crippen molar-refractivity contribution in [3.05, 3.63) is 0 Å². The zero-order valence-electron chi connectivity index (χ0n) is 47.3. The van der Waals surface area contributed by atoms with E-state index in [4.69, 9.17) is 0 Å². The molecular weight excluding hydrogens is 867 g/mol. The molecule has 2 amide bonds. The highest BCUT2D eigenvalue weighted by molar-refractivity contribution is 7.80. The average Bonchev–Trinajstić information content (AvgIpc) is 3.35. The highest BCUT2D eigenvalue weighted by atomic mass is 32.1. The molecular formula is C63H123NO4S. The first-order chi connectivity index (χ1) is 33.9. The van der Waals surface area contributed by atoms with Gasteiger partial charge in [0.1, 0.15) is 6.04 Å². The number of rotatable bonds is 57. The summed E-state index contributed by atoms with van der Waals surface area (Å²) in [6.07, 6.45) is 63.9. The predicted molar refractivity (Wildman–Crippen MR) is 307 cm³/mol. The number of aliphatic carboxylic acids is 1. The molecule has 5 nitrogen and oxygen atoms in total. The van der Waals surface area contributed by atoms with E-state index in [1.54, 1.807) is 0 Å². The van der Waals surface area contributed by atoms with Crippen molar-refractivity contribution < 1.29 is 19.5 Å². The van der Waals surface area contributed by atoms with Gasteiger partial charge < -0.3 is 5.11 Å². The van der Waals surface area contributed by atoms with E-state index in [1.807, 2.05) is 0 Å². The molecule has 0 bridgehead atoms. The van der Waals surface area contributed by atoms with E-state index in [0.29, 0.717) is 0 Å². The predicted octanol–water partition coefficient (Wildman–Crippen LogP) is 21.3. The molecule has 0 saturated carbocycles. The summed E-state index contributed by atoms with van der Waals surface area (Å²) in [6.45, 7) is 9.11. The van der Waals surface area contributed by atoms with Crippen LogP contribution >= 0.6 is 12.6 Å². The quantitative estimate of drug-likeness (QED) is 0.0470. The molecule has 0 fully saturated rings. The van der Waals surface area contributed by atoms with Crippen molar-refractivity contribution in [2.75, 3.05) is 5.75 Å². The third kappa shape index (κ3) is 43.1. The number of carbonyl (C=O) groups is 3. The third-order valence-electron chi connectivity index (χ3n) is 15.6. The molecule has 0 aromatic heterocycles. The van der Waals surface area contributed by atoms with Crippen molar-refractivity contribution in [1.29, 1.82) is 0 Å². The highest BCUT2D eigenvalue weighted by Crippen LogP contribution is 2.28. The zero-order valence-corrected chi connectivity index (χ0v) is 48.2. The summed E-state index contributed by atoms with van der Waals surface area (Å²) in [5, 5.41) is 10.6. The van der Waals surface area contributed by atoms with Gasteiger partial charge in [-0.1, -0.05) is 336 Å². The van der Waals surface area contributed by atoms with Crippen molar-refractivity contribution in [3.8, 4) is 0 Å². The molecule has 0 radical (unpaired) electrons. The van der Waals surface area contributed by atoms with Crippen molar-refractivity contribution in [2.45, 2.75) is 368 Å². The summed E-state index contributed by atoms with van der Waals surface area (Å²) in [7, 11) is 0. The summed E-state index contributed by atoms with van der Waals surface area (Å²) in [5.74, 6) is -2.19. The number of carboxylic acid groups (broad SMARTS) is 1. The molecule has 0 rings (SSSR count). The van der Waals surface area contributed by atoms with Crippen LogP contribution < -0.4 is 0 Å². The van der Waals surface area contributed by atoms with Gasteiger partial charge in [0.15, 0.2) is 0 Å². The molecule has 1 atom stereocenters. The van der Waals surface area contributed by atoms with Gasteiger partial charge >= 0.3 is 5.97 Å². The van der Waals surface area contributed by atoms with Crippen LogP contribution in [0.25, 0.3) is 0 Å². The van der Waals surface area contributed by atoms with Crippen LogP contribution in [0.5, 0.6) is 0 Å². The molecule has 1 N–H and O–H groups in total. The summed E-state index contributed by atoms with van der Waals surface area (Å²) >= 11 is 4.51.